The van der Waals surface area contributed by atoms with Gasteiger partial charge in [-0.1, -0.05) is 48.5 Å². The molecule has 3 nitrogen and oxygen atoms in total. The Morgan fingerprint density at radius 2 is 1.91 bits per heavy atom. The van der Waals surface area contributed by atoms with Crippen molar-refractivity contribution in [1.82, 2.24) is 4.98 Å². The summed E-state index contributed by atoms with van der Waals surface area (Å²) in [6, 6.07) is 18.2. The third kappa shape index (κ3) is 4.37. The number of ether oxygens (including phenoxy) is 1. The molecule has 0 N–H and O–H groups in total. The van der Waals surface area contributed by atoms with Crippen molar-refractivity contribution in [1.29, 1.82) is 0 Å². The van der Waals surface area contributed by atoms with Gasteiger partial charge in [0.1, 0.15) is 6.61 Å². The lowest BCUT2D eigenvalue weighted by Gasteiger charge is -2.03. The van der Waals surface area contributed by atoms with Crippen molar-refractivity contribution in [3.63, 3.8) is 0 Å². The van der Waals surface area contributed by atoms with E-state index < -0.39 is 0 Å². The van der Waals surface area contributed by atoms with E-state index >= 15 is 0 Å². The van der Waals surface area contributed by atoms with Crippen LogP contribution in [0.1, 0.15) is 10.4 Å². The lowest BCUT2D eigenvalue weighted by Crippen LogP contribution is -1.99. The first-order valence-electron chi connectivity index (χ1n) is 7.19. The normalized spacial score (nSPS) is 10.8. The van der Waals surface area contributed by atoms with E-state index in [9.17, 15) is 4.79 Å². The number of rotatable bonds is 5. The zero-order chi connectivity index (χ0) is 15.9. The molecule has 0 aliphatic rings. The third-order valence-corrected chi connectivity index (χ3v) is 4.00. The van der Waals surface area contributed by atoms with Gasteiger partial charge in [-0.15, -0.1) is 11.3 Å². The predicted molar refractivity (Wildman–Crippen MR) is 92.8 cm³/mol. The van der Waals surface area contributed by atoms with Gasteiger partial charge in [-0.25, -0.2) is 4.79 Å². The van der Waals surface area contributed by atoms with Gasteiger partial charge in [-0.05, 0) is 28.8 Å². The molecule has 0 radical (unpaired) electrons. The zero-order valence-electron chi connectivity index (χ0n) is 12.4. The van der Waals surface area contributed by atoms with Crippen LogP contribution in [-0.4, -0.2) is 11.0 Å². The van der Waals surface area contributed by atoms with Gasteiger partial charge in [0.15, 0.2) is 0 Å². The van der Waals surface area contributed by atoms with Crippen LogP contribution >= 0.6 is 11.3 Å². The molecule has 3 rings (SSSR count). The molecule has 0 aliphatic heterocycles. The molecule has 0 saturated heterocycles. The van der Waals surface area contributed by atoms with E-state index in [1.165, 1.54) is 17.4 Å². The summed E-state index contributed by atoms with van der Waals surface area (Å²) in [6.45, 7) is 0.262. The van der Waals surface area contributed by atoms with Crippen LogP contribution in [0.15, 0.2) is 72.4 Å². The lowest BCUT2D eigenvalue weighted by atomic mass is 10.0. The van der Waals surface area contributed by atoms with Crippen molar-refractivity contribution < 1.29 is 9.53 Å². The number of carbonyl (C=O) groups excluding carboxylic acids is 1. The second kappa shape index (κ2) is 7.51. The van der Waals surface area contributed by atoms with Crippen LogP contribution in [0.5, 0.6) is 0 Å². The molecule has 0 spiro atoms. The monoisotopic (exact) mass is 321 g/mol. The van der Waals surface area contributed by atoms with Gasteiger partial charge in [0, 0.05) is 12.3 Å². The summed E-state index contributed by atoms with van der Waals surface area (Å²) in [5, 5.41) is 0. The van der Waals surface area contributed by atoms with E-state index in [4.69, 9.17) is 4.74 Å². The van der Waals surface area contributed by atoms with Gasteiger partial charge in [-0.3, -0.25) is 4.98 Å². The van der Waals surface area contributed by atoms with Crippen LogP contribution in [0.3, 0.4) is 0 Å². The molecule has 0 bridgehead atoms. The van der Waals surface area contributed by atoms with Crippen molar-refractivity contribution in [3.8, 4) is 11.1 Å². The molecule has 1 aromatic heterocycles. The first-order chi connectivity index (χ1) is 11.3. The van der Waals surface area contributed by atoms with Gasteiger partial charge in [0.05, 0.1) is 10.4 Å². The Hall–Kier alpha value is -2.72. The smallest absolute Gasteiger partial charge is 0.331 e. The fourth-order valence-electron chi connectivity index (χ4n) is 2.12. The van der Waals surface area contributed by atoms with Crippen molar-refractivity contribution >= 4 is 23.4 Å². The molecule has 3 aromatic rings. The van der Waals surface area contributed by atoms with Crippen LogP contribution < -0.4 is 0 Å². The van der Waals surface area contributed by atoms with Crippen molar-refractivity contribution in [3.05, 3.63) is 82.8 Å². The second-order valence-electron chi connectivity index (χ2n) is 4.90. The number of hydrogen-bond donors (Lipinski definition) is 0. The Labute approximate surface area is 138 Å². The number of nitrogens with zero attached hydrogens (tertiary/aromatic N) is 1. The minimum Gasteiger partial charge on any atom is -0.457 e. The predicted octanol–water partition coefficient (Wildman–Crippen LogP) is 4.57. The van der Waals surface area contributed by atoms with Crippen LogP contribution in [0, 0.1) is 0 Å². The molecule has 0 aliphatic carbocycles. The summed E-state index contributed by atoms with van der Waals surface area (Å²) in [5.74, 6) is -0.358. The third-order valence-electron chi connectivity index (χ3n) is 3.25. The van der Waals surface area contributed by atoms with Gasteiger partial charge < -0.3 is 4.74 Å². The fraction of sp³-hybridized carbons (Fsp3) is 0.0526. The SMILES string of the molecule is O=C(/C=C/c1cccc(-c2ccccc2)c1)OCc1cncs1. The summed E-state index contributed by atoms with van der Waals surface area (Å²) in [5.41, 5.74) is 4.94. The Bertz CT molecular complexity index is 795. The van der Waals surface area contributed by atoms with Crippen molar-refractivity contribution in [2.75, 3.05) is 0 Å². The largest absolute Gasteiger partial charge is 0.457 e. The summed E-state index contributed by atoms with van der Waals surface area (Å²) in [7, 11) is 0. The van der Waals surface area contributed by atoms with Gasteiger partial charge in [0.25, 0.3) is 0 Å². The maximum Gasteiger partial charge on any atom is 0.331 e. The van der Waals surface area contributed by atoms with E-state index in [-0.39, 0.29) is 12.6 Å². The zero-order valence-corrected chi connectivity index (χ0v) is 13.2. The molecule has 0 atom stereocenters. The Morgan fingerprint density at radius 3 is 2.70 bits per heavy atom. The van der Waals surface area contributed by atoms with Crippen LogP contribution in [0.2, 0.25) is 0 Å². The highest BCUT2D eigenvalue weighted by atomic mass is 32.1. The Morgan fingerprint density at radius 1 is 1.09 bits per heavy atom. The summed E-state index contributed by atoms with van der Waals surface area (Å²) in [6.07, 6.45) is 4.91. The highest BCUT2D eigenvalue weighted by Gasteiger charge is 2.01. The van der Waals surface area contributed by atoms with E-state index in [0.717, 1.165) is 21.6 Å². The number of thiazole rings is 1. The Balaban J connectivity index is 1.64. The first-order valence-corrected chi connectivity index (χ1v) is 8.07. The highest BCUT2D eigenvalue weighted by Crippen LogP contribution is 2.20. The molecule has 0 amide bonds. The average molecular weight is 321 g/mol. The molecule has 1 heterocycles. The fourth-order valence-corrected chi connectivity index (χ4v) is 2.63. The van der Waals surface area contributed by atoms with E-state index in [2.05, 4.69) is 23.2 Å². The van der Waals surface area contributed by atoms with Crippen LogP contribution in [0.4, 0.5) is 0 Å². The van der Waals surface area contributed by atoms with E-state index in [0.29, 0.717) is 0 Å². The summed E-state index contributed by atoms with van der Waals surface area (Å²) >= 11 is 1.47. The van der Waals surface area contributed by atoms with Gasteiger partial charge in [0.2, 0.25) is 0 Å². The number of hydrogen-bond acceptors (Lipinski definition) is 4. The molecular weight excluding hydrogens is 306 g/mol. The summed E-state index contributed by atoms with van der Waals surface area (Å²) < 4.78 is 5.17. The molecule has 114 valence electrons. The van der Waals surface area contributed by atoms with Gasteiger partial charge in [-0.2, -0.15) is 0 Å². The standard InChI is InChI=1S/C19H15NO2S/c21-19(22-13-18-12-20-14-23-18)10-9-15-5-4-8-17(11-15)16-6-2-1-3-7-16/h1-12,14H,13H2/b10-9+. The molecule has 2 aromatic carbocycles. The topological polar surface area (TPSA) is 39.2 Å². The minimum atomic E-state index is -0.358. The van der Waals surface area contributed by atoms with E-state index in [1.807, 2.05) is 36.4 Å². The number of benzene rings is 2. The number of aromatic nitrogens is 1. The second-order valence-corrected chi connectivity index (χ2v) is 5.87. The lowest BCUT2D eigenvalue weighted by molar-refractivity contribution is -0.138. The van der Waals surface area contributed by atoms with Gasteiger partial charge >= 0.3 is 5.97 Å². The van der Waals surface area contributed by atoms with Crippen molar-refractivity contribution in [2.24, 2.45) is 0 Å². The average Bonchev–Trinajstić information content (AvgIpc) is 3.13. The molecular formula is C19H15NO2S. The maximum atomic E-state index is 11.7. The quantitative estimate of drug-likeness (QED) is 0.510. The van der Waals surface area contributed by atoms with Crippen LogP contribution in [0.25, 0.3) is 17.2 Å². The highest BCUT2D eigenvalue weighted by molar-refractivity contribution is 7.09. The minimum absolute atomic E-state index is 0.262. The molecule has 0 fully saturated rings. The Kier molecular flexibility index (Phi) is 4.96. The number of esters is 1. The van der Waals surface area contributed by atoms with E-state index in [1.54, 1.807) is 17.8 Å². The maximum absolute atomic E-state index is 11.7. The molecule has 0 saturated carbocycles. The molecule has 23 heavy (non-hydrogen) atoms. The van der Waals surface area contributed by atoms with Crippen LogP contribution in [-0.2, 0) is 16.1 Å². The molecule has 4 heteroatoms. The number of carbonyl (C=O) groups is 1. The van der Waals surface area contributed by atoms with Crippen molar-refractivity contribution in [2.45, 2.75) is 6.61 Å². The molecule has 0 unspecified atom stereocenters. The first kappa shape index (κ1) is 15.2. The summed E-state index contributed by atoms with van der Waals surface area (Å²) in [4.78, 5) is 16.6.